The van der Waals surface area contributed by atoms with Crippen molar-refractivity contribution < 1.29 is 0 Å². The molecule has 62 valence electrons. The van der Waals surface area contributed by atoms with Crippen LogP contribution in [-0.2, 0) is 0 Å². The number of H-pyrrole nitrogens is 2. The maximum atomic E-state index is 11.2. The molecule has 0 radical (unpaired) electrons. The van der Waals surface area contributed by atoms with Gasteiger partial charge in [0, 0.05) is 0 Å². The molecule has 0 bridgehead atoms. The molecule has 0 fully saturated rings. The molecule has 1 aromatic carbocycles. The molecule has 1 heterocycles. The quantitative estimate of drug-likeness (QED) is 0.642. The lowest BCUT2D eigenvalue weighted by molar-refractivity contribution is 1.08. The van der Waals surface area contributed by atoms with Gasteiger partial charge in [-0.2, -0.15) is 0 Å². The van der Waals surface area contributed by atoms with Crippen LogP contribution < -0.4 is 5.56 Å². The average molecular weight is 183 g/mol. The van der Waals surface area contributed by atoms with E-state index in [1.165, 1.54) is 0 Å². The smallest absolute Gasteiger partial charge is 0.273 e. The predicted octanol–water partition coefficient (Wildman–Crippen LogP) is 1.82. The molecule has 2 rings (SSSR count). The van der Waals surface area contributed by atoms with Gasteiger partial charge in [0.2, 0.25) is 0 Å². The molecular formula is C8H7ClN2O. The highest BCUT2D eigenvalue weighted by molar-refractivity contribution is 6.35. The molecule has 0 saturated carbocycles. The van der Waals surface area contributed by atoms with Crippen LogP contribution in [0.15, 0.2) is 16.9 Å². The number of aryl methyl sites for hydroxylation is 1. The summed E-state index contributed by atoms with van der Waals surface area (Å²) in [4.78, 5) is 11.2. The fourth-order valence-electron chi connectivity index (χ4n) is 1.25. The summed E-state index contributed by atoms with van der Waals surface area (Å²) in [6.07, 6.45) is 0. The zero-order valence-corrected chi connectivity index (χ0v) is 7.20. The largest absolute Gasteiger partial charge is 0.297 e. The van der Waals surface area contributed by atoms with Gasteiger partial charge in [0.05, 0.1) is 15.9 Å². The molecule has 0 spiro atoms. The van der Waals surface area contributed by atoms with E-state index in [1.807, 2.05) is 13.0 Å². The topological polar surface area (TPSA) is 48.6 Å². The summed E-state index contributed by atoms with van der Waals surface area (Å²) in [5, 5.41) is 6.29. The first-order valence-corrected chi connectivity index (χ1v) is 3.93. The number of rotatable bonds is 0. The van der Waals surface area contributed by atoms with Gasteiger partial charge in [-0.05, 0) is 18.6 Å². The summed E-state index contributed by atoms with van der Waals surface area (Å²) < 4.78 is 0. The van der Waals surface area contributed by atoms with Gasteiger partial charge >= 0.3 is 0 Å². The summed E-state index contributed by atoms with van der Waals surface area (Å²) >= 11 is 5.84. The van der Waals surface area contributed by atoms with Crippen molar-refractivity contribution in [3.63, 3.8) is 0 Å². The van der Waals surface area contributed by atoms with E-state index in [0.29, 0.717) is 10.4 Å². The number of halogens is 1. The Hall–Kier alpha value is -1.22. The highest BCUT2D eigenvalue weighted by Gasteiger charge is 2.06. The maximum Gasteiger partial charge on any atom is 0.273 e. The molecule has 2 aromatic rings. The van der Waals surface area contributed by atoms with Gasteiger partial charge in [0.25, 0.3) is 5.56 Å². The Kier molecular flexibility index (Phi) is 1.48. The van der Waals surface area contributed by atoms with Crippen LogP contribution in [0.5, 0.6) is 0 Å². The third-order valence-corrected chi connectivity index (χ3v) is 2.21. The van der Waals surface area contributed by atoms with E-state index in [1.54, 1.807) is 6.07 Å². The molecule has 3 nitrogen and oxygen atoms in total. The van der Waals surface area contributed by atoms with Crippen LogP contribution in [0, 0.1) is 6.92 Å². The third-order valence-electron chi connectivity index (χ3n) is 1.89. The fourth-order valence-corrected chi connectivity index (χ4v) is 1.49. The van der Waals surface area contributed by atoms with Gasteiger partial charge in [0.1, 0.15) is 0 Å². The number of aromatic amines is 2. The minimum atomic E-state index is -0.168. The van der Waals surface area contributed by atoms with E-state index >= 15 is 0 Å². The lowest BCUT2D eigenvalue weighted by Gasteiger charge is -1.94. The number of hydrogen-bond acceptors (Lipinski definition) is 1. The van der Waals surface area contributed by atoms with Crippen LogP contribution in [0.2, 0.25) is 5.02 Å². The van der Waals surface area contributed by atoms with E-state index in [0.717, 1.165) is 11.1 Å². The normalized spacial score (nSPS) is 10.8. The number of fused-ring (bicyclic) bond motifs is 1. The molecule has 0 aliphatic heterocycles. The van der Waals surface area contributed by atoms with Crippen molar-refractivity contribution >= 4 is 22.5 Å². The Balaban J connectivity index is 3.09. The molecule has 0 atom stereocenters. The molecule has 1 aromatic heterocycles. The van der Waals surface area contributed by atoms with Gasteiger partial charge < -0.3 is 0 Å². The van der Waals surface area contributed by atoms with Crippen molar-refractivity contribution in [3.8, 4) is 0 Å². The highest BCUT2D eigenvalue weighted by atomic mass is 35.5. The molecule has 0 aliphatic carbocycles. The number of aromatic nitrogens is 2. The Morgan fingerprint density at radius 3 is 2.75 bits per heavy atom. The first-order valence-electron chi connectivity index (χ1n) is 3.55. The summed E-state index contributed by atoms with van der Waals surface area (Å²) in [6, 6.07) is 3.59. The minimum Gasteiger partial charge on any atom is -0.297 e. The molecule has 0 amide bonds. The SMILES string of the molecule is Cc1ccc(Cl)c2c(=O)[nH][nH]c12. The van der Waals surface area contributed by atoms with E-state index in [2.05, 4.69) is 10.2 Å². The number of nitrogens with one attached hydrogen (secondary N) is 2. The summed E-state index contributed by atoms with van der Waals surface area (Å²) in [5.41, 5.74) is 1.62. The maximum absolute atomic E-state index is 11.2. The molecule has 4 heteroatoms. The lowest BCUT2D eigenvalue weighted by atomic mass is 10.2. The Morgan fingerprint density at radius 2 is 2.08 bits per heavy atom. The van der Waals surface area contributed by atoms with Crippen LogP contribution in [0.4, 0.5) is 0 Å². The van der Waals surface area contributed by atoms with Crippen LogP contribution >= 0.6 is 11.6 Å². The molecule has 12 heavy (non-hydrogen) atoms. The number of benzene rings is 1. The minimum absolute atomic E-state index is 0.168. The average Bonchev–Trinajstić information content (AvgIpc) is 2.42. The standard InChI is InChI=1S/C8H7ClN2O/c1-4-2-3-5(9)6-7(4)10-11-8(6)12/h2-3H,1H3,(H2,10,11,12). The Labute approximate surface area is 73.3 Å². The van der Waals surface area contributed by atoms with Gasteiger partial charge in [-0.25, -0.2) is 0 Å². The second-order valence-electron chi connectivity index (χ2n) is 2.69. The molecule has 2 N–H and O–H groups in total. The number of hydrogen-bond donors (Lipinski definition) is 2. The van der Waals surface area contributed by atoms with Crippen molar-refractivity contribution in [2.45, 2.75) is 6.92 Å². The van der Waals surface area contributed by atoms with Crippen molar-refractivity contribution in [1.29, 1.82) is 0 Å². The first-order chi connectivity index (χ1) is 5.70. The van der Waals surface area contributed by atoms with Crippen molar-refractivity contribution in [2.24, 2.45) is 0 Å². The van der Waals surface area contributed by atoms with Crippen molar-refractivity contribution in [2.75, 3.05) is 0 Å². The molecule has 0 aliphatic rings. The zero-order valence-electron chi connectivity index (χ0n) is 6.44. The van der Waals surface area contributed by atoms with Gasteiger partial charge in [-0.3, -0.25) is 15.0 Å². The monoisotopic (exact) mass is 182 g/mol. The second-order valence-corrected chi connectivity index (χ2v) is 3.10. The summed E-state index contributed by atoms with van der Waals surface area (Å²) in [7, 11) is 0. The van der Waals surface area contributed by atoms with E-state index in [4.69, 9.17) is 11.6 Å². The van der Waals surface area contributed by atoms with Crippen molar-refractivity contribution in [1.82, 2.24) is 10.2 Å². The highest BCUT2D eigenvalue weighted by Crippen LogP contribution is 2.20. The van der Waals surface area contributed by atoms with Crippen LogP contribution in [-0.4, -0.2) is 10.2 Å². The predicted molar refractivity (Wildman–Crippen MR) is 48.7 cm³/mol. The lowest BCUT2D eigenvalue weighted by Crippen LogP contribution is -1.97. The first kappa shape index (κ1) is 7.43. The summed E-state index contributed by atoms with van der Waals surface area (Å²) in [6.45, 7) is 1.92. The van der Waals surface area contributed by atoms with Gasteiger partial charge in [-0.15, -0.1) is 0 Å². The van der Waals surface area contributed by atoms with E-state index in [-0.39, 0.29) is 5.56 Å². The molecule has 0 saturated heterocycles. The zero-order chi connectivity index (χ0) is 8.72. The van der Waals surface area contributed by atoms with Crippen molar-refractivity contribution in [3.05, 3.63) is 33.1 Å². The third kappa shape index (κ3) is 0.865. The second kappa shape index (κ2) is 2.38. The van der Waals surface area contributed by atoms with E-state index in [9.17, 15) is 4.79 Å². The Morgan fingerprint density at radius 1 is 1.33 bits per heavy atom. The summed E-state index contributed by atoms with van der Waals surface area (Å²) in [5.74, 6) is 0. The van der Waals surface area contributed by atoms with Gasteiger partial charge in [0.15, 0.2) is 0 Å². The fraction of sp³-hybridized carbons (Fsp3) is 0.125. The van der Waals surface area contributed by atoms with Crippen LogP contribution in [0.1, 0.15) is 5.56 Å². The van der Waals surface area contributed by atoms with Crippen LogP contribution in [0.3, 0.4) is 0 Å². The molecule has 0 unspecified atom stereocenters. The van der Waals surface area contributed by atoms with Crippen LogP contribution in [0.25, 0.3) is 10.9 Å². The Bertz CT molecular complexity index is 483. The van der Waals surface area contributed by atoms with E-state index < -0.39 is 0 Å². The molecular weight excluding hydrogens is 176 g/mol. The van der Waals surface area contributed by atoms with Gasteiger partial charge in [-0.1, -0.05) is 17.7 Å².